The van der Waals surface area contributed by atoms with Crippen molar-refractivity contribution in [2.45, 2.75) is 24.8 Å². The molecule has 0 spiro atoms. The molecule has 1 unspecified atom stereocenters. The Balaban J connectivity index is 3.03. The fraction of sp³-hybridized carbons (Fsp3) is 0.250. The molecule has 18 heavy (non-hydrogen) atoms. The van der Waals surface area contributed by atoms with Crippen LogP contribution in [-0.4, -0.2) is 25.5 Å². The molecule has 6 heteroatoms. The van der Waals surface area contributed by atoms with Gasteiger partial charge in [-0.1, -0.05) is 23.6 Å². The van der Waals surface area contributed by atoms with Gasteiger partial charge in [-0.05, 0) is 26.0 Å². The zero-order valence-electron chi connectivity index (χ0n) is 9.97. The molecule has 0 aliphatic carbocycles. The van der Waals surface area contributed by atoms with E-state index in [1.165, 1.54) is 19.1 Å². The van der Waals surface area contributed by atoms with Crippen LogP contribution in [0.15, 0.2) is 29.2 Å². The summed E-state index contributed by atoms with van der Waals surface area (Å²) >= 11 is 0. The number of aryl methyl sites for hydroxylation is 1. The second-order valence-corrected chi connectivity index (χ2v) is 5.31. The van der Waals surface area contributed by atoms with Gasteiger partial charge >= 0.3 is 5.97 Å². The van der Waals surface area contributed by atoms with E-state index in [0.29, 0.717) is 0 Å². The van der Waals surface area contributed by atoms with Gasteiger partial charge in [0, 0.05) is 0 Å². The molecule has 0 heterocycles. The van der Waals surface area contributed by atoms with Crippen LogP contribution in [0, 0.1) is 18.8 Å². The summed E-state index contributed by atoms with van der Waals surface area (Å²) in [6, 6.07) is 4.65. The smallest absolute Gasteiger partial charge is 0.334 e. The monoisotopic (exact) mass is 267 g/mol. The summed E-state index contributed by atoms with van der Waals surface area (Å²) < 4.78 is 25.8. The maximum absolute atomic E-state index is 11.9. The third kappa shape index (κ3) is 3.58. The van der Waals surface area contributed by atoms with Crippen LogP contribution in [0.3, 0.4) is 0 Å². The third-order valence-corrected chi connectivity index (χ3v) is 3.58. The van der Waals surface area contributed by atoms with E-state index in [0.717, 1.165) is 5.56 Å². The van der Waals surface area contributed by atoms with Crippen LogP contribution in [0.1, 0.15) is 12.5 Å². The average molecular weight is 267 g/mol. The van der Waals surface area contributed by atoms with E-state index < -0.39 is 22.0 Å². The average Bonchev–Trinajstić information content (AvgIpc) is 2.28. The van der Waals surface area contributed by atoms with Gasteiger partial charge in [-0.2, -0.15) is 4.72 Å². The SMILES string of the molecule is CC#CC(NS(=O)(=O)c1ccc(C)cc1)C(=O)O. The number of hydrogen-bond donors (Lipinski definition) is 2. The highest BCUT2D eigenvalue weighted by Gasteiger charge is 2.23. The molecule has 1 rings (SSSR count). The fourth-order valence-corrected chi connectivity index (χ4v) is 2.33. The Morgan fingerprint density at radius 2 is 1.89 bits per heavy atom. The molecule has 0 bridgehead atoms. The second kappa shape index (κ2) is 5.67. The lowest BCUT2D eigenvalue weighted by Gasteiger charge is -2.09. The maximum Gasteiger partial charge on any atom is 0.334 e. The molecule has 0 aromatic heterocycles. The van der Waals surface area contributed by atoms with Crippen LogP contribution >= 0.6 is 0 Å². The Kier molecular flexibility index (Phi) is 4.48. The van der Waals surface area contributed by atoms with Gasteiger partial charge < -0.3 is 5.11 Å². The summed E-state index contributed by atoms with van der Waals surface area (Å²) in [7, 11) is -3.88. The van der Waals surface area contributed by atoms with Gasteiger partial charge in [0.15, 0.2) is 6.04 Å². The van der Waals surface area contributed by atoms with E-state index in [4.69, 9.17) is 5.11 Å². The van der Waals surface area contributed by atoms with Crippen LogP contribution in [0.4, 0.5) is 0 Å². The van der Waals surface area contributed by atoms with E-state index in [-0.39, 0.29) is 4.90 Å². The Morgan fingerprint density at radius 1 is 1.33 bits per heavy atom. The minimum Gasteiger partial charge on any atom is -0.479 e. The van der Waals surface area contributed by atoms with Crippen LogP contribution in [0.25, 0.3) is 0 Å². The molecule has 1 aromatic rings. The van der Waals surface area contributed by atoms with Crippen molar-refractivity contribution in [3.8, 4) is 11.8 Å². The highest BCUT2D eigenvalue weighted by atomic mass is 32.2. The first kappa shape index (κ1) is 14.2. The third-order valence-electron chi connectivity index (χ3n) is 2.14. The Labute approximate surface area is 106 Å². The molecule has 0 saturated heterocycles. The summed E-state index contributed by atoms with van der Waals surface area (Å²) in [5.41, 5.74) is 0.914. The molecule has 0 fully saturated rings. The maximum atomic E-state index is 11.9. The molecule has 0 amide bonds. The highest BCUT2D eigenvalue weighted by molar-refractivity contribution is 7.89. The molecule has 0 aliphatic rings. The van der Waals surface area contributed by atoms with Gasteiger partial charge in [-0.15, -0.1) is 5.92 Å². The largest absolute Gasteiger partial charge is 0.479 e. The van der Waals surface area contributed by atoms with Crippen molar-refractivity contribution in [3.63, 3.8) is 0 Å². The first-order chi connectivity index (χ1) is 8.36. The van der Waals surface area contributed by atoms with E-state index >= 15 is 0 Å². The molecule has 96 valence electrons. The quantitative estimate of drug-likeness (QED) is 0.788. The lowest BCUT2D eigenvalue weighted by molar-refractivity contribution is -0.137. The van der Waals surface area contributed by atoms with Crippen molar-refractivity contribution in [2.75, 3.05) is 0 Å². The van der Waals surface area contributed by atoms with Crippen molar-refractivity contribution in [2.24, 2.45) is 0 Å². The minimum atomic E-state index is -3.88. The summed E-state index contributed by atoms with van der Waals surface area (Å²) in [4.78, 5) is 10.8. The molecule has 2 N–H and O–H groups in total. The van der Waals surface area contributed by atoms with Gasteiger partial charge in [0.2, 0.25) is 10.0 Å². The van der Waals surface area contributed by atoms with E-state index in [1.807, 2.05) is 11.6 Å². The number of benzene rings is 1. The van der Waals surface area contributed by atoms with Gasteiger partial charge in [0.05, 0.1) is 4.90 Å². The summed E-state index contributed by atoms with van der Waals surface area (Å²) in [6.45, 7) is 3.27. The predicted octanol–water partition coefficient (Wildman–Crippen LogP) is 0.750. The Morgan fingerprint density at radius 3 is 2.33 bits per heavy atom. The lowest BCUT2D eigenvalue weighted by atomic mass is 10.2. The summed E-state index contributed by atoms with van der Waals surface area (Å²) in [6.07, 6.45) is 0. The highest BCUT2D eigenvalue weighted by Crippen LogP contribution is 2.10. The normalized spacial score (nSPS) is 12.3. The number of aliphatic carboxylic acids is 1. The van der Waals surface area contributed by atoms with Crippen LogP contribution in [0.2, 0.25) is 0 Å². The number of sulfonamides is 1. The molecule has 1 atom stereocenters. The standard InChI is InChI=1S/C12H13NO4S/c1-3-4-11(12(14)15)13-18(16,17)10-7-5-9(2)6-8-10/h5-8,11,13H,1-2H3,(H,14,15). The predicted molar refractivity (Wildman–Crippen MR) is 66.4 cm³/mol. The van der Waals surface area contributed by atoms with E-state index in [2.05, 4.69) is 11.8 Å². The first-order valence-corrected chi connectivity index (χ1v) is 6.59. The van der Waals surface area contributed by atoms with Crippen LogP contribution in [0.5, 0.6) is 0 Å². The minimum absolute atomic E-state index is 0.0113. The van der Waals surface area contributed by atoms with E-state index in [9.17, 15) is 13.2 Å². The topological polar surface area (TPSA) is 83.5 Å². The molecular weight excluding hydrogens is 254 g/mol. The lowest BCUT2D eigenvalue weighted by Crippen LogP contribution is -2.39. The molecule has 5 nitrogen and oxygen atoms in total. The van der Waals surface area contributed by atoms with Gasteiger partial charge in [0.25, 0.3) is 0 Å². The molecule has 0 saturated carbocycles. The van der Waals surface area contributed by atoms with E-state index in [1.54, 1.807) is 12.1 Å². The van der Waals surface area contributed by atoms with Gasteiger partial charge in [0.1, 0.15) is 0 Å². The van der Waals surface area contributed by atoms with Crippen molar-refractivity contribution in [1.29, 1.82) is 0 Å². The number of carboxylic acids is 1. The van der Waals surface area contributed by atoms with Crippen molar-refractivity contribution in [1.82, 2.24) is 4.72 Å². The molecule has 0 radical (unpaired) electrons. The molecule has 1 aromatic carbocycles. The molecular formula is C12H13NO4S. The number of carbonyl (C=O) groups is 1. The number of rotatable bonds is 4. The van der Waals surface area contributed by atoms with Crippen molar-refractivity contribution in [3.05, 3.63) is 29.8 Å². The zero-order chi connectivity index (χ0) is 13.8. The molecule has 0 aliphatic heterocycles. The first-order valence-electron chi connectivity index (χ1n) is 5.11. The van der Waals surface area contributed by atoms with Crippen LogP contribution < -0.4 is 4.72 Å². The number of carboxylic acid groups (broad SMARTS) is 1. The zero-order valence-corrected chi connectivity index (χ0v) is 10.8. The van der Waals surface area contributed by atoms with Crippen molar-refractivity contribution < 1.29 is 18.3 Å². The summed E-state index contributed by atoms with van der Waals surface area (Å²) in [5.74, 6) is 3.32. The number of hydrogen-bond acceptors (Lipinski definition) is 3. The van der Waals surface area contributed by atoms with Gasteiger partial charge in [-0.25, -0.2) is 13.2 Å². The van der Waals surface area contributed by atoms with Crippen LogP contribution in [-0.2, 0) is 14.8 Å². The Hall–Kier alpha value is -1.84. The fourth-order valence-electron chi connectivity index (χ4n) is 1.23. The van der Waals surface area contributed by atoms with Gasteiger partial charge in [-0.3, -0.25) is 0 Å². The number of nitrogens with one attached hydrogen (secondary N) is 1. The summed E-state index contributed by atoms with van der Waals surface area (Å²) in [5, 5.41) is 8.83. The second-order valence-electron chi connectivity index (χ2n) is 3.60. The van der Waals surface area contributed by atoms with Crippen molar-refractivity contribution >= 4 is 16.0 Å². The Bertz CT molecular complexity index is 593.